The molecule has 0 saturated carbocycles. The van der Waals surface area contributed by atoms with E-state index in [0.717, 1.165) is 17.9 Å². The summed E-state index contributed by atoms with van der Waals surface area (Å²) in [6, 6.07) is 3.35. The van der Waals surface area contributed by atoms with Gasteiger partial charge in [-0.05, 0) is 35.4 Å². The molecular weight excluding hydrogens is 228 g/mol. The van der Waals surface area contributed by atoms with Crippen molar-refractivity contribution in [1.29, 1.82) is 0 Å². The zero-order valence-electron chi connectivity index (χ0n) is 9.54. The number of rotatable bonds is 5. The van der Waals surface area contributed by atoms with Crippen molar-refractivity contribution in [3.05, 3.63) is 35.4 Å². The van der Waals surface area contributed by atoms with Gasteiger partial charge < -0.3 is 5.73 Å². The number of thioether (sulfide) groups is 1. The van der Waals surface area contributed by atoms with Gasteiger partial charge in [0.1, 0.15) is 11.6 Å². The maximum Gasteiger partial charge on any atom is 0.126 e. The Morgan fingerprint density at radius 3 is 2.62 bits per heavy atom. The molecular formula is C12H17F2NS. The minimum absolute atomic E-state index is 0.135. The molecule has 4 heteroatoms. The summed E-state index contributed by atoms with van der Waals surface area (Å²) in [5, 5.41) is 0.503. The third kappa shape index (κ3) is 4.49. The van der Waals surface area contributed by atoms with Crippen LogP contribution in [0.25, 0.3) is 0 Å². The Bertz CT molecular complexity index is 342. The number of benzene rings is 1. The van der Waals surface area contributed by atoms with Crippen LogP contribution in [0.3, 0.4) is 0 Å². The van der Waals surface area contributed by atoms with Crippen molar-refractivity contribution in [2.24, 2.45) is 5.73 Å². The molecule has 0 aliphatic carbocycles. The van der Waals surface area contributed by atoms with Gasteiger partial charge in [-0.15, -0.1) is 0 Å². The summed E-state index contributed by atoms with van der Waals surface area (Å²) < 4.78 is 26.2. The standard InChI is InChI=1S/C12H17F2NS/c1-8(2)16-7-11(15)6-9-5-10(13)3-4-12(9)14/h3-5,8,11H,6-7,15H2,1-2H3. The zero-order valence-corrected chi connectivity index (χ0v) is 10.4. The van der Waals surface area contributed by atoms with Crippen LogP contribution in [0.4, 0.5) is 8.78 Å². The molecule has 1 aromatic carbocycles. The maximum absolute atomic E-state index is 13.3. The van der Waals surface area contributed by atoms with Gasteiger partial charge in [0, 0.05) is 11.8 Å². The Hall–Kier alpha value is -0.610. The Morgan fingerprint density at radius 2 is 2.00 bits per heavy atom. The van der Waals surface area contributed by atoms with Gasteiger partial charge in [0.2, 0.25) is 0 Å². The lowest BCUT2D eigenvalue weighted by molar-refractivity contribution is 0.576. The summed E-state index contributed by atoms with van der Waals surface area (Å²) >= 11 is 1.73. The lowest BCUT2D eigenvalue weighted by Gasteiger charge is -2.13. The molecule has 2 N–H and O–H groups in total. The number of hydrogen-bond donors (Lipinski definition) is 1. The maximum atomic E-state index is 13.3. The molecule has 1 nitrogen and oxygen atoms in total. The smallest absolute Gasteiger partial charge is 0.126 e. The molecule has 0 radical (unpaired) electrons. The number of hydrogen-bond acceptors (Lipinski definition) is 2. The summed E-state index contributed by atoms with van der Waals surface area (Å²) in [7, 11) is 0. The predicted molar refractivity (Wildman–Crippen MR) is 65.6 cm³/mol. The molecule has 0 aromatic heterocycles. The molecule has 1 rings (SSSR count). The highest BCUT2D eigenvalue weighted by molar-refractivity contribution is 7.99. The first-order chi connectivity index (χ1) is 7.49. The van der Waals surface area contributed by atoms with Crippen LogP contribution in [0.5, 0.6) is 0 Å². The monoisotopic (exact) mass is 245 g/mol. The fourth-order valence-electron chi connectivity index (χ4n) is 1.36. The van der Waals surface area contributed by atoms with Crippen molar-refractivity contribution < 1.29 is 8.78 Å². The average Bonchev–Trinajstić information content (AvgIpc) is 2.20. The van der Waals surface area contributed by atoms with Crippen LogP contribution in [0, 0.1) is 11.6 Å². The fraction of sp³-hybridized carbons (Fsp3) is 0.500. The highest BCUT2D eigenvalue weighted by atomic mass is 32.2. The van der Waals surface area contributed by atoms with E-state index < -0.39 is 5.82 Å². The Labute approximate surface area is 99.4 Å². The normalized spacial score (nSPS) is 13.1. The molecule has 0 amide bonds. The first-order valence-corrected chi connectivity index (χ1v) is 6.35. The molecule has 1 atom stereocenters. The first kappa shape index (κ1) is 13.5. The van der Waals surface area contributed by atoms with Gasteiger partial charge in [-0.2, -0.15) is 11.8 Å². The summed E-state index contributed by atoms with van der Waals surface area (Å²) in [5.74, 6) is -0.0420. The lowest BCUT2D eigenvalue weighted by Crippen LogP contribution is -2.26. The van der Waals surface area contributed by atoms with Crippen molar-refractivity contribution in [2.45, 2.75) is 31.6 Å². The van der Waals surface area contributed by atoms with Crippen LogP contribution in [0.15, 0.2) is 18.2 Å². The van der Waals surface area contributed by atoms with E-state index in [2.05, 4.69) is 13.8 Å². The highest BCUT2D eigenvalue weighted by Crippen LogP contribution is 2.15. The molecule has 16 heavy (non-hydrogen) atoms. The summed E-state index contributed by atoms with van der Waals surface area (Å²) in [6.45, 7) is 4.17. The van der Waals surface area contributed by atoms with Crippen molar-refractivity contribution in [2.75, 3.05) is 5.75 Å². The molecule has 1 unspecified atom stereocenters. The Kier molecular flexibility index (Phi) is 5.22. The molecule has 0 saturated heterocycles. The second kappa shape index (κ2) is 6.21. The predicted octanol–water partition coefficient (Wildman–Crippen LogP) is 2.98. The fourth-order valence-corrected chi connectivity index (χ4v) is 2.11. The van der Waals surface area contributed by atoms with E-state index in [0.29, 0.717) is 17.2 Å². The van der Waals surface area contributed by atoms with E-state index in [1.54, 1.807) is 11.8 Å². The van der Waals surface area contributed by atoms with Crippen LogP contribution in [-0.2, 0) is 6.42 Å². The van der Waals surface area contributed by atoms with Gasteiger partial charge in [-0.25, -0.2) is 8.78 Å². The van der Waals surface area contributed by atoms with Crippen LogP contribution in [-0.4, -0.2) is 17.0 Å². The zero-order chi connectivity index (χ0) is 12.1. The van der Waals surface area contributed by atoms with E-state index in [1.165, 1.54) is 6.07 Å². The minimum atomic E-state index is -0.417. The number of nitrogens with two attached hydrogens (primary N) is 1. The second-order valence-corrected chi connectivity index (χ2v) is 5.69. The average molecular weight is 245 g/mol. The molecule has 90 valence electrons. The van der Waals surface area contributed by atoms with Crippen molar-refractivity contribution >= 4 is 11.8 Å². The van der Waals surface area contributed by atoms with Gasteiger partial charge >= 0.3 is 0 Å². The Balaban J connectivity index is 2.55. The van der Waals surface area contributed by atoms with Crippen LogP contribution >= 0.6 is 11.8 Å². The van der Waals surface area contributed by atoms with Crippen LogP contribution in [0.1, 0.15) is 19.4 Å². The first-order valence-electron chi connectivity index (χ1n) is 5.30. The minimum Gasteiger partial charge on any atom is -0.327 e. The van der Waals surface area contributed by atoms with E-state index in [4.69, 9.17) is 5.73 Å². The molecule has 0 spiro atoms. The molecule has 1 aromatic rings. The molecule has 0 aliphatic rings. The van der Waals surface area contributed by atoms with Crippen molar-refractivity contribution in [1.82, 2.24) is 0 Å². The van der Waals surface area contributed by atoms with Gasteiger partial charge in [-0.3, -0.25) is 0 Å². The number of halogens is 2. The molecule has 0 aliphatic heterocycles. The van der Waals surface area contributed by atoms with E-state index >= 15 is 0 Å². The lowest BCUT2D eigenvalue weighted by atomic mass is 10.1. The summed E-state index contributed by atoms with van der Waals surface area (Å²) in [4.78, 5) is 0. The van der Waals surface area contributed by atoms with Gasteiger partial charge in [0.05, 0.1) is 0 Å². The highest BCUT2D eigenvalue weighted by Gasteiger charge is 2.10. The largest absolute Gasteiger partial charge is 0.327 e. The molecule has 0 heterocycles. The van der Waals surface area contributed by atoms with E-state index in [-0.39, 0.29) is 11.9 Å². The molecule has 0 fully saturated rings. The van der Waals surface area contributed by atoms with Crippen LogP contribution < -0.4 is 5.73 Å². The van der Waals surface area contributed by atoms with Crippen LogP contribution in [0.2, 0.25) is 0 Å². The van der Waals surface area contributed by atoms with E-state index in [9.17, 15) is 8.78 Å². The summed E-state index contributed by atoms with van der Waals surface area (Å²) in [5.41, 5.74) is 6.22. The van der Waals surface area contributed by atoms with E-state index in [1.807, 2.05) is 0 Å². The second-order valence-electron chi connectivity index (χ2n) is 4.08. The summed E-state index contributed by atoms with van der Waals surface area (Å²) in [6.07, 6.45) is 0.378. The van der Waals surface area contributed by atoms with Crippen molar-refractivity contribution in [3.8, 4) is 0 Å². The molecule has 0 bridgehead atoms. The third-order valence-electron chi connectivity index (χ3n) is 2.13. The van der Waals surface area contributed by atoms with Gasteiger partial charge in [0.25, 0.3) is 0 Å². The SMILES string of the molecule is CC(C)SCC(N)Cc1cc(F)ccc1F. The quantitative estimate of drug-likeness (QED) is 0.863. The third-order valence-corrected chi connectivity index (χ3v) is 3.42. The van der Waals surface area contributed by atoms with Crippen molar-refractivity contribution in [3.63, 3.8) is 0 Å². The topological polar surface area (TPSA) is 26.0 Å². The van der Waals surface area contributed by atoms with Gasteiger partial charge in [-0.1, -0.05) is 13.8 Å². The van der Waals surface area contributed by atoms with Gasteiger partial charge in [0.15, 0.2) is 0 Å². The Morgan fingerprint density at radius 1 is 1.31 bits per heavy atom.